The Kier molecular flexibility index (Phi) is 4.54. The normalized spacial score (nSPS) is 21.4. The molecular formula is C16H24N4O3. The fourth-order valence-corrected chi connectivity index (χ4v) is 3.20. The van der Waals surface area contributed by atoms with Gasteiger partial charge in [-0.1, -0.05) is 0 Å². The van der Waals surface area contributed by atoms with E-state index >= 15 is 0 Å². The summed E-state index contributed by atoms with van der Waals surface area (Å²) >= 11 is 0. The first-order chi connectivity index (χ1) is 11.0. The second kappa shape index (κ2) is 6.60. The standard InChI is InChI=1S/C16H24N4O3/c1-10-13(18-11(2)23-10)6-8-17-16(22)19-14-7-9-20(15(14)21)12-4-3-5-12/h12,14H,3-9H2,1-2H3,(H2,17,19,22). The number of urea groups is 1. The van der Waals surface area contributed by atoms with Crippen LogP contribution < -0.4 is 10.6 Å². The molecular weight excluding hydrogens is 296 g/mol. The van der Waals surface area contributed by atoms with E-state index in [-0.39, 0.29) is 18.0 Å². The Morgan fingerprint density at radius 2 is 2.13 bits per heavy atom. The predicted molar refractivity (Wildman–Crippen MR) is 84.0 cm³/mol. The Bertz CT molecular complexity index is 594. The van der Waals surface area contributed by atoms with Crippen molar-refractivity contribution in [2.45, 2.75) is 58.0 Å². The highest BCUT2D eigenvalue weighted by Crippen LogP contribution is 2.28. The highest BCUT2D eigenvalue weighted by molar-refractivity contribution is 5.88. The summed E-state index contributed by atoms with van der Waals surface area (Å²) in [4.78, 5) is 30.4. The van der Waals surface area contributed by atoms with Gasteiger partial charge in [-0.15, -0.1) is 0 Å². The van der Waals surface area contributed by atoms with E-state index in [9.17, 15) is 9.59 Å². The summed E-state index contributed by atoms with van der Waals surface area (Å²) in [5, 5.41) is 5.57. The molecule has 2 N–H and O–H groups in total. The number of aryl methyl sites for hydroxylation is 2. The Labute approximate surface area is 135 Å². The maximum absolute atomic E-state index is 12.3. The number of aromatic nitrogens is 1. The van der Waals surface area contributed by atoms with Crippen LogP contribution in [0.15, 0.2) is 4.42 Å². The molecule has 2 aliphatic rings. The number of amides is 3. The molecule has 126 valence electrons. The molecule has 3 amide bonds. The van der Waals surface area contributed by atoms with Gasteiger partial charge in [0.15, 0.2) is 5.89 Å². The molecule has 7 nitrogen and oxygen atoms in total. The summed E-state index contributed by atoms with van der Waals surface area (Å²) in [5.41, 5.74) is 0.857. The van der Waals surface area contributed by atoms with Crippen molar-refractivity contribution >= 4 is 11.9 Å². The molecule has 1 aromatic heterocycles. The van der Waals surface area contributed by atoms with Gasteiger partial charge in [0.25, 0.3) is 0 Å². The van der Waals surface area contributed by atoms with Crippen molar-refractivity contribution in [3.05, 3.63) is 17.3 Å². The van der Waals surface area contributed by atoms with Gasteiger partial charge in [-0.25, -0.2) is 9.78 Å². The van der Waals surface area contributed by atoms with E-state index in [0.29, 0.717) is 31.3 Å². The van der Waals surface area contributed by atoms with Crippen molar-refractivity contribution in [1.82, 2.24) is 20.5 Å². The molecule has 0 aromatic carbocycles. The summed E-state index contributed by atoms with van der Waals surface area (Å²) in [6.07, 6.45) is 4.71. The molecule has 1 saturated carbocycles. The van der Waals surface area contributed by atoms with Crippen LogP contribution in [0.3, 0.4) is 0 Å². The fourth-order valence-electron chi connectivity index (χ4n) is 3.20. The van der Waals surface area contributed by atoms with Crippen LogP contribution in [-0.4, -0.2) is 47.0 Å². The van der Waals surface area contributed by atoms with Crippen molar-refractivity contribution < 1.29 is 14.0 Å². The fraction of sp³-hybridized carbons (Fsp3) is 0.688. The Morgan fingerprint density at radius 3 is 2.74 bits per heavy atom. The SMILES string of the molecule is Cc1nc(CCNC(=O)NC2CCN(C3CCC3)C2=O)c(C)o1. The average molecular weight is 320 g/mol. The van der Waals surface area contributed by atoms with Gasteiger partial charge in [-0.3, -0.25) is 4.79 Å². The molecule has 0 radical (unpaired) electrons. The van der Waals surface area contributed by atoms with Gasteiger partial charge in [0.05, 0.1) is 5.69 Å². The second-order valence-electron chi connectivity index (χ2n) is 6.34. The van der Waals surface area contributed by atoms with E-state index in [1.54, 1.807) is 6.92 Å². The predicted octanol–water partition coefficient (Wildman–Crippen LogP) is 1.29. The van der Waals surface area contributed by atoms with Crippen molar-refractivity contribution in [3.63, 3.8) is 0 Å². The summed E-state index contributed by atoms with van der Waals surface area (Å²) < 4.78 is 5.35. The molecule has 7 heteroatoms. The lowest BCUT2D eigenvalue weighted by atomic mass is 9.92. The molecule has 1 aliphatic heterocycles. The number of rotatable bonds is 5. The zero-order valence-electron chi connectivity index (χ0n) is 13.7. The molecule has 1 aromatic rings. The highest BCUT2D eigenvalue weighted by Gasteiger charge is 2.38. The third kappa shape index (κ3) is 3.48. The number of hydrogen-bond donors (Lipinski definition) is 2. The van der Waals surface area contributed by atoms with Crippen molar-refractivity contribution in [1.29, 1.82) is 0 Å². The summed E-state index contributed by atoms with van der Waals surface area (Å²) in [6, 6.07) is -0.279. The van der Waals surface area contributed by atoms with Crippen molar-refractivity contribution in [2.75, 3.05) is 13.1 Å². The van der Waals surface area contributed by atoms with Crippen LogP contribution in [0.1, 0.15) is 43.0 Å². The molecule has 2 fully saturated rings. The molecule has 2 heterocycles. The van der Waals surface area contributed by atoms with Gasteiger partial charge in [-0.2, -0.15) is 0 Å². The van der Waals surface area contributed by atoms with E-state index in [2.05, 4.69) is 15.6 Å². The maximum Gasteiger partial charge on any atom is 0.315 e. The minimum absolute atomic E-state index is 0.0628. The number of carbonyl (C=O) groups excluding carboxylic acids is 2. The number of hydrogen-bond acceptors (Lipinski definition) is 4. The van der Waals surface area contributed by atoms with Crippen LogP contribution in [0.25, 0.3) is 0 Å². The minimum Gasteiger partial charge on any atom is -0.446 e. The monoisotopic (exact) mass is 320 g/mol. The van der Waals surface area contributed by atoms with E-state index in [1.165, 1.54) is 6.42 Å². The highest BCUT2D eigenvalue weighted by atomic mass is 16.4. The lowest BCUT2D eigenvalue weighted by Crippen LogP contribution is -2.49. The van der Waals surface area contributed by atoms with Crippen LogP contribution in [0, 0.1) is 13.8 Å². The van der Waals surface area contributed by atoms with Crippen LogP contribution in [0.2, 0.25) is 0 Å². The molecule has 3 rings (SSSR count). The molecule has 23 heavy (non-hydrogen) atoms. The Balaban J connectivity index is 1.41. The summed E-state index contributed by atoms with van der Waals surface area (Å²) in [5.74, 6) is 1.48. The third-order valence-corrected chi connectivity index (χ3v) is 4.71. The summed E-state index contributed by atoms with van der Waals surface area (Å²) in [7, 11) is 0. The van der Waals surface area contributed by atoms with Crippen molar-refractivity contribution in [2.24, 2.45) is 0 Å². The molecule has 0 spiro atoms. The van der Waals surface area contributed by atoms with Gasteiger partial charge in [0, 0.05) is 32.5 Å². The average Bonchev–Trinajstić information content (AvgIpc) is 2.93. The molecule has 1 saturated heterocycles. The number of nitrogens with one attached hydrogen (secondary N) is 2. The van der Waals surface area contributed by atoms with Crippen molar-refractivity contribution in [3.8, 4) is 0 Å². The number of oxazole rings is 1. The molecule has 1 unspecified atom stereocenters. The zero-order valence-corrected chi connectivity index (χ0v) is 13.7. The van der Waals surface area contributed by atoms with Gasteiger partial charge in [-0.05, 0) is 32.6 Å². The van der Waals surface area contributed by atoms with Gasteiger partial charge in [0.2, 0.25) is 5.91 Å². The number of likely N-dealkylation sites (tertiary alicyclic amines) is 1. The smallest absolute Gasteiger partial charge is 0.315 e. The van der Waals surface area contributed by atoms with Gasteiger partial charge in [0.1, 0.15) is 11.8 Å². The lowest BCUT2D eigenvalue weighted by molar-refractivity contribution is -0.132. The first-order valence-electron chi connectivity index (χ1n) is 8.32. The largest absolute Gasteiger partial charge is 0.446 e. The molecule has 1 atom stereocenters. The van der Waals surface area contributed by atoms with Crippen LogP contribution in [0.5, 0.6) is 0 Å². The first kappa shape index (κ1) is 15.8. The molecule has 1 aliphatic carbocycles. The lowest BCUT2D eigenvalue weighted by Gasteiger charge is -2.34. The van der Waals surface area contributed by atoms with E-state index in [0.717, 1.165) is 30.8 Å². The quantitative estimate of drug-likeness (QED) is 0.856. The second-order valence-corrected chi connectivity index (χ2v) is 6.34. The van der Waals surface area contributed by atoms with Gasteiger partial charge >= 0.3 is 6.03 Å². The third-order valence-electron chi connectivity index (χ3n) is 4.71. The van der Waals surface area contributed by atoms with E-state index in [4.69, 9.17) is 4.42 Å². The Hall–Kier alpha value is -2.05. The maximum atomic E-state index is 12.3. The van der Waals surface area contributed by atoms with Gasteiger partial charge < -0.3 is 20.0 Å². The topological polar surface area (TPSA) is 87.5 Å². The Morgan fingerprint density at radius 1 is 1.35 bits per heavy atom. The van der Waals surface area contributed by atoms with Crippen LogP contribution in [0.4, 0.5) is 4.79 Å². The first-order valence-corrected chi connectivity index (χ1v) is 8.32. The van der Waals surface area contributed by atoms with Crippen LogP contribution in [-0.2, 0) is 11.2 Å². The molecule has 0 bridgehead atoms. The minimum atomic E-state index is -0.383. The van der Waals surface area contributed by atoms with E-state index in [1.807, 2.05) is 11.8 Å². The number of carbonyl (C=O) groups is 2. The van der Waals surface area contributed by atoms with E-state index < -0.39 is 0 Å². The number of nitrogens with zero attached hydrogens (tertiary/aromatic N) is 2. The summed E-state index contributed by atoms with van der Waals surface area (Å²) in [6.45, 7) is 4.88. The van der Waals surface area contributed by atoms with Crippen LogP contribution >= 0.6 is 0 Å². The zero-order chi connectivity index (χ0) is 16.4.